The number of fused-ring (bicyclic) bond motifs is 2. The summed E-state index contributed by atoms with van der Waals surface area (Å²) in [5.41, 5.74) is 1.88. The highest BCUT2D eigenvalue weighted by Crippen LogP contribution is 2.33. The molecule has 1 fully saturated rings. The van der Waals surface area contributed by atoms with E-state index in [1.807, 2.05) is 43.3 Å². The maximum Gasteiger partial charge on any atom is 0.254 e. The second-order valence-corrected chi connectivity index (χ2v) is 5.62. The highest BCUT2D eigenvalue weighted by molar-refractivity contribution is 5.96. The Morgan fingerprint density at radius 1 is 1.32 bits per heavy atom. The normalized spacial score (nSPS) is 24.6. The fourth-order valence-electron chi connectivity index (χ4n) is 3.11. The van der Waals surface area contributed by atoms with Crippen LogP contribution in [0.3, 0.4) is 0 Å². The van der Waals surface area contributed by atoms with Gasteiger partial charge in [0.1, 0.15) is 0 Å². The molecule has 19 heavy (non-hydrogen) atoms. The number of nitrogens with zero attached hydrogens (tertiary/aromatic N) is 2. The molecule has 0 unspecified atom stereocenters. The van der Waals surface area contributed by atoms with Crippen LogP contribution in [0.5, 0.6) is 0 Å². The summed E-state index contributed by atoms with van der Waals surface area (Å²) in [5, 5.41) is 0. The minimum atomic E-state index is 0.181. The Hall–Kier alpha value is -1.77. The van der Waals surface area contributed by atoms with E-state index in [1.54, 1.807) is 0 Å². The van der Waals surface area contributed by atoms with Crippen molar-refractivity contribution in [2.45, 2.75) is 31.3 Å². The Kier molecular flexibility index (Phi) is 3.05. The lowest BCUT2D eigenvalue weighted by atomic mass is 10.1. The zero-order chi connectivity index (χ0) is 13.4. The van der Waals surface area contributed by atoms with Crippen molar-refractivity contribution in [3.8, 4) is 0 Å². The molecule has 3 rings (SSSR count). The second-order valence-electron chi connectivity index (χ2n) is 5.62. The first-order valence-electron chi connectivity index (χ1n) is 6.93. The Balaban J connectivity index is 1.88. The van der Waals surface area contributed by atoms with Crippen molar-refractivity contribution >= 4 is 11.6 Å². The monoisotopic (exact) mass is 256 g/mol. The van der Waals surface area contributed by atoms with Gasteiger partial charge < -0.3 is 9.80 Å². The maximum absolute atomic E-state index is 12.7. The van der Waals surface area contributed by atoms with E-state index in [1.165, 1.54) is 0 Å². The van der Waals surface area contributed by atoms with Crippen molar-refractivity contribution in [2.75, 3.05) is 19.0 Å². The van der Waals surface area contributed by atoms with Gasteiger partial charge in [0, 0.05) is 31.4 Å². The fourth-order valence-corrected chi connectivity index (χ4v) is 3.11. The van der Waals surface area contributed by atoms with Crippen molar-refractivity contribution in [1.82, 2.24) is 4.90 Å². The summed E-state index contributed by atoms with van der Waals surface area (Å²) in [6.45, 7) is 0. The predicted octanol–water partition coefficient (Wildman–Crippen LogP) is 2.69. The van der Waals surface area contributed by atoms with Gasteiger partial charge in [-0.05, 0) is 37.5 Å². The van der Waals surface area contributed by atoms with E-state index in [-0.39, 0.29) is 5.91 Å². The third-order valence-corrected chi connectivity index (χ3v) is 4.16. The molecule has 2 aliphatic rings. The maximum atomic E-state index is 12.7. The van der Waals surface area contributed by atoms with Gasteiger partial charge in [-0.25, -0.2) is 0 Å². The molecule has 3 heteroatoms. The summed E-state index contributed by atoms with van der Waals surface area (Å²) < 4.78 is 0. The topological polar surface area (TPSA) is 23.6 Å². The van der Waals surface area contributed by atoms with E-state index < -0.39 is 0 Å². The van der Waals surface area contributed by atoms with E-state index in [2.05, 4.69) is 17.1 Å². The molecule has 0 aromatic heterocycles. The largest absolute Gasteiger partial charge is 0.378 e. The Labute approximate surface area is 114 Å². The molecule has 0 aliphatic carbocycles. The van der Waals surface area contributed by atoms with Gasteiger partial charge in [-0.3, -0.25) is 4.79 Å². The molecule has 0 spiro atoms. The lowest BCUT2D eigenvalue weighted by molar-refractivity contribution is 0.0689. The number of hydrogen-bond donors (Lipinski definition) is 0. The quantitative estimate of drug-likeness (QED) is 0.760. The van der Waals surface area contributed by atoms with Crippen LogP contribution >= 0.6 is 0 Å². The summed E-state index contributed by atoms with van der Waals surface area (Å²) >= 11 is 0. The molecule has 0 saturated carbocycles. The van der Waals surface area contributed by atoms with Crippen molar-refractivity contribution < 1.29 is 4.79 Å². The van der Waals surface area contributed by atoms with Crippen LogP contribution in [0.4, 0.5) is 5.69 Å². The molecule has 2 heterocycles. The second kappa shape index (κ2) is 4.72. The van der Waals surface area contributed by atoms with Crippen molar-refractivity contribution in [3.05, 3.63) is 42.0 Å². The summed E-state index contributed by atoms with van der Waals surface area (Å²) in [6, 6.07) is 8.62. The van der Waals surface area contributed by atoms with Gasteiger partial charge in [0.2, 0.25) is 0 Å². The molecule has 2 bridgehead atoms. The van der Waals surface area contributed by atoms with Crippen LogP contribution in [0.15, 0.2) is 36.4 Å². The third-order valence-electron chi connectivity index (χ3n) is 4.16. The number of rotatable bonds is 2. The van der Waals surface area contributed by atoms with E-state index in [0.717, 1.165) is 30.5 Å². The molecule has 3 nitrogen and oxygen atoms in total. The summed E-state index contributed by atoms with van der Waals surface area (Å²) in [7, 11) is 3.99. The van der Waals surface area contributed by atoms with Gasteiger partial charge in [0.15, 0.2) is 0 Å². The average Bonchev–Trinajstić information content (AvgIpc) is 2.67. The van der Waals surface area contributed by atoms with Gasteiger partial charge in [-0.2, -0.15) is 0 Å². The van der Waals surface area contributed by atoms with Crippen LogP contribution in [-0.4, -0.2) is 37.0 Å². The van der Waals surface area contributed by atoms with Crippen LogP contribution in [0.25, 0.3) is 0 Å². The van der Waals surface area contributed by atoms with Gasteiger partial charge in [0.05, 0.1) is 6.04 Å². The average molecular weight is 256 g/mol. The van der Waals surface area contributed by atoms with Crippen LogP contribution in [0.1, 0.15) is 29.6 Å². The molecule has 0 N–H and O–H groups in total. The van der Waals surface area contributed by atoms with Crippen LogP contribution in [-0.2, 0) is 0 Å². The van der Waals surface area contributed by atoms with Crippen molar-refractivity contribution in [3.63, 3.8) is 0 Å². The molecule has 0 radical (unpaired) electrons. The van der Waals surface area contributed by atoms with Crippen molar-refractivity contribution in [2.24, 2.45) is 0 Å². The third kappa shape index (κ3) is 2.14. The standard InChI is InChI=1S/C16H20N2O/c1-17(2)15-8-3-5-12(11-15)16(19)18-13-6-4-7-14(18)10-9-13/h3-6,8,11,13-14H,7,9-10H2,1-2H3/t13-,14-/m0/s1. The number of anilines is 1. The Morgan fingerprint density at radius 3 is 2.89 bits per heavy atom. The van der Waals surface area contributed by atoms with E-state index in [0.29, 0.717) is 12.1 Å². The van der Waals surface area contributed by atoms with E-state index in [4.69, 9.17) is 0 Å². The first kappa shape index (κ1) is 12.3. The van der Waals surface area contributed by atoms with E-state index >= 15 is 0 Å². The number of amides is 1. The van der Waals surface area contributed by atoms with Gasteiger partial charge >= 0.3 is 0 Å². The zero-order valence-electron chi connectivity index (χ0n) is 11.5. The van der Waals surface area contributed by atoms with Crippen LogP contribution in [0, 0.1) is 0 Å². The number of carbonyl (C=O) groups excluding carboxylic acids is 1. The molecule has 1 amide bonds. The molecule has 1 saturated heterocycles. The van der Waals surface area contributed by atoms with Gasteiger partial charge in [0.25, 0.3) is 5.91 Å². The summed E-state index contributed by atoms with van der Waals surface area (Å²) in [6.07, 6.45) is 7.67. The lowest BCUT2D eigenvalue weighted by Gasteiger charge is -2.31. The molecule has 2 atom stereocenters. The summed E-state index contributed by atoms with van der Waals surface area (Å²) in [4.78, 5) is 16.8. The zero-order valence-corrected chi connectivity index (χ0v) is 11.5. The smallest absolute Gasteiger partial charge is 0.254 e. The molecule has 2 aliphatic heterocycles. The Bertz CT molecular complexity index is 521. The molecular weight excluding hydrogens is 236 g/mol. The van der Waals surface area contributed by atoms with Crippen molar-refractivity contribution in [1.29, 1.82) is 0 Å². The predicted molar refractivity (Wildman–Crippen MR) is 77.5 cm³/mol. The SMILES string of the molecule is CN(C)c1cccc(C(=O)N2[C@H]3CC=C[C@H]2CC3)c1. The highest BCUT2D eigenvalue weighted by atomic mass is 16.2. The van der Waals surface area contributed by atoms with E-state index in [9.17, 15) is 4.79 Å². The van der Waals surface area contributed by atoms with Crippen LogP contribution < -0.4 is 4.90 Å². The number of carbonyl (C=O) groups is 1. The van der Waals surface area contributed by atoms with Gasteiger partial charge in [-0.1, -0.05) is 18.2 Å². The first-order chi connectivity index (χ1) is 9.16. The van der Waals surface area contributed by atoms with Crippen LogP contribution in [0.2, 0.25) is 0 Å². The fraction of sp³-hybridized carbons (Fsp3) is 0.438. The molecule has 100 valence electrons. The lowest BCUT2D eigenvalue weighted by Crippen LogP contribution is -2.42. The Morgan fingerprint density at radius 2 is 2.16 bits per heavy atom. The molecular formula is C16H20N2O. The first-order valence-corrected chi connectivity index (χ1v) is 6.93. The molecule has 1 aromatic rings. The van der Waals surface area contributed by atoms with Gasteiger partial charge in [-0.15, -0.1) is 0 Å². The minimum Gasteiger partial charge on any atom is -0.378 e. The minimum absolute atomic E-state index is 0.181. The number of hydrogen-bond acceptors (Lipinski definition) is 2. The summed E-state index contributed by atoms with van der Waals surface area (Å²) in [5.74, 6) is 0.181. The highest BCUT2D eigenvalue weighted by Gasteiger charge is 2.37. The number of benzene rings is 1. The molecule has 1 aromatic carbocycles.